The predicted molar refractivity (Wildman–Crippen MR) is 78.8 cm³/mol. The van der Waals surface area contributed by atoms with Gasteiger partial charge >= 0.3 is 0 Å². The summed E-state index contributed by atoms with van der Waals surface area (Å²) in [5.41, 5.74) is 1.92. The second-order valence-electron chi connectivity index (χ2n) is 5.42. The quantitative estimate of drug-likeness (QED) is 0.943. The molecule has 1 fully saturated rings. The standard InChI is InChI=1S/C15H18ClN3O/c1-10-4-5-12(13(16)7-10)15-18-14(19-20-15)8-11-3-2-6-17-9-11/h4-5,7,11,17H,2-3,6,8-9H2,1H3. The molecule has 4 nitrogen and oxygen atoms in total. The average molecular weight is 292 g/mol. The van der Waals surface area contributed by atoms with Crippen molar-refractivity contribution in [2.75, 3.05) is 13.1 Å². The SMILES string of the molecule is Cc1ccc(-c2nc(CC3CCCNC3)no2)c(Cl)c1. The van der Waals surface area contributed by atoms with Gasteiger partial charge in [0, 0.05) is 6.42 Å². The Morgan fingerprint density at radius 2 is 2.35 bits per heavy atom. The Morgan fingerprint density at radius 3 is 3.10 bits per heavy atom. The van der Waals surface area contributed by atoms with Crippen LogP contribution < -0.4 is 5.32 Å². The van der Waals surface area contributed by atoms with Gasteiger partial charge < -0.3 is 9.84 Å². The number of aromatic nitrogens is 2. The Labute approximate surface area is 123 Å². The molecule has 0 radical (unpaired) electrons. The minimum atomic E-state index is 0.508. The summed E-state index contributed by atoms with van der Waals surface area (Å²) in [5.74, 6) is 1.88. The number of piperidine rings is 1. The molecule has 0 amide bonds. The zero-order valence-electron chi connectivity index (χ0n) is 11.5. The van der Waals surface area contributed by atoms with Crippen LogP contribution in [0.4, 0.5) is 0 Å². The third kappa shape index (κ3) is 3.02. The van der Waals surface area contributed by atoms with Crippen LogP contribution in [0.1, 0.15) is 24.2 Å². The van der Waals surface area contributed by atoms with E-state index in [-0.39, 0.29) is 0 Å². The van der Waals surface area contributed by atoms with E-state index in [1.54, 1.807) is 0 Å². The third-order valence-electron chi connectivity index (χ3n) is 3.69. The van der Waals surface area contributed by atoms with E-state index in [1.807, 2.05) is 25.1 Å². The maximum atomic E-state index is 6.23. The van der Waals surface area contributed by atoms with Crippen LogP contribution in [0, 0.1) is 12.8 Å². The summed E-state index contributed by atoms with van der Waals surface area (Å²) >= 11 is 6.23. The van der Waals surface area contributed by atoms with Crippen molar-refractivity contribution in [1.82, 2.24) is 15.5 Å². The van der Waals surface area contributed by atoms with Crippen LogP contribution in [0.5, 0.6) is 0 Å². The molecule has 1 atom stereocenters. The van der Waals surface area contributed by atoms with Gasteiger partial charge in [0.2, 0.25) is 0 Å². The Morgan fingerprint density at radius 1 is 1.45 bits per heavy atom. The molecule has 1 aromatic carbocycles. The second kappa shape index (κ2) is 5.94. The van der Waals surface area contributed by atoms with E-state index in [2.05, 4.69) is 15.5 Å². The van der Waals surface area contributed by atoms with Crippen molar-refractivity contribution in [3.63, 3.8) is 0 Å². The van der Waals surface area contributed by atoms with Gasteiger partial charge in [-0.25, -0.2) is 0 Å². The fraction of sp³-hybridized carbons (Fsp3) is 0.467. The van der Waals surface area contributed by atoms with Crippen molar-refractivity contribution in [3.8, 4) is 11.5 Å². The molecule has 3 rings (SSSR count). The molecule has 0 bridgehead atoms. The summed E-state index contributed by atoms with van der Waals surface area (Å²) < 4.78 is 5.35. The van der Waals surface area contributed by atoms with Gasteiger partial charge in [-0.15, -0.1) is 0 Å². The van der Waals surface area contributed by atoms with Gasteiger partial charge in [-0.1, -0.05) is 22.8 Å². The van der Waals surface area contributed by atoms with Gasteiger partial charge in [-0.05, 0) is 56.5 Å². The Kier molecular flexibility index (Phi) is 4.03. The highest BCUT2D eigenvalue weighted by Gasteiger charge is 2.18. The monoisotopic (exact) mass is 291 g/mol. The first-order valence-corrected chi connectivity index (χ1v) is 7.40. The van der Waals surface area contributed by atoms with Crippen LogP contribution in [-0.2, 0) is 6.42 Å². The van der Waals surface area contributed by atoms with E-state index in [4.69, 9.17) is 16.1 Å². The van der Waals surface area contributed by atoms with E-state index in [0.717, 1.165) is 36.5 Å². The molecule has 1 aliphatic heterocycles. The number of aryl methyl sites for hydroxylation is 1. The molecule has 1 aliphatic rings. The van der Waals surface area contributed by atoms with E-state index in [9.17, 15) is 0 Å². The van der Waals surface area contributed by atoms with E-state index < -0.39 is 0 Å². The molecule has 1 aromatic heterocycles. The fourth-order valence-corrected chi connectivity index (χ4v) is 2.91. The largest absolute Gasteiger partial charge is 0.334 e. The number of hydrogen-bond acceptors (Lipinski definition) is 4. The molecule has 1 unspecified atom stereocenters. The van der Waals surface area contributed by atoms with Crippen molar-refractivity contribution in [3.05, 3.63) is 34.6 Å². The highest BCUT2D eigenvalue weighted by Crippen LogP contribution is 2.27. The zero-order valence-corrected chi connectivity index (χ0v) is 12.3. The molecule has 1 N–H and O–H groups in total. The highest BCUT2D eigenvalue weighted by atomic mass is 35.5. The molecule has 0 saturated carbocycles. The summed E-state index contributed by atoms with van der Waals surface area (Å²) in [7, 11) is 0. The maximum absolute atomic E-state index is 6.23. The molecule has 20 heavy (non-hydrogen) atoms. The predicted octanol–water partition coefficient (Wildman–Crippen LogP) is 3.24. The van der Waals surface area contributed by atoms with Crippen LogP contribution in [0.25, 0.3) is 11.5 Å². The molecule has 106 valence electrons. The number of nitrogens with zero attached hydrogens (tertiary/aromatic N) is 2. The van der Waals surface area contributed by atoms with Crippen molar-refractivity contribution in [1.29, 1.82) is 0 Å². The van der Waals surface area contributed by atoms with Crippen molar-refractivity contribution >= 4 is 11.6 Å². The summed E-state index contributed by atoms with van der Waals surface area (Å²) in [6, 6.07) is 5.83. The van der Waals surface area contributed by atoms with Gasteiger partial charge in [-0.3, -0.25) is 0 Å². The first kappa shape index (κ1) is 13.6. The minimum absolute atomic E-state index is 0.508. The fourth-order valence-electron chi connectivity index (χ4n) is 2.60. The van der Waals surface area contributed by atoms with Gasteiger partial charge in [0.05, 0.1) is 10.6 Å². The lowest BCUT2D eigenvalue weighted by molar-refractivity contribution is 0.360. The van der Waals surface area contributed by atoms with Crippen LogP contribution >= 0.6 is 11.6 Å². The number of rotatable bonds is 3. The molecule has 5 heteroatoms. The maximum Gasteiger partial charge on any atom is 0.259 e. The van der Waals surface area contributed by atoms with Crippen LogP contribution in [0.2, 0.25) is 5.02 Å². The minimum Gasteiger partial charge on any atom is -0.334 e. The average Bonchev–Trinajstić information content (AvgIpc) is 2.88. The van der Waals surface area contributed by atoms with Crippen molar-refractivity contribution in [2.24, 2.45) is 5.92 Å². The Bertz CT molecular complexity index is 591. The number of halogens is 1. The van der Waals surface area contributed by atoms with E-state index in [1.165, 1.54) is 12.8 Å². The lowest BCUT2D eigenvalue weighted by Gasteiger charge is -2.20. The van der Waals surface area contributed by atoms with Crippen molar-refractivity contribution in [2.45, 2.75) is 26.2 Å². The van der Waals surface area contributed by atoms with Crippen LogP contribution in [0.15, 0.2) is 22.7 Å². The topological polar surface area (TPSA) is 51.0 Å². The Balaban J connectivity index is 1.75. The highest BCUT2D eigenvalue weighted by molar-refractivity contribution is 6.33. The summed E-state index contributed by atoms with van der Waals surface area (Å²) in [4.78, 5) is 4.48. The van der Waals surface area contributed by atoms with Crippen LogP contribution in [0.3, 0.4) is 0 Å². The number of nitrogens with one attached hydrogen (secondary N) is 1. The number of benzene rings is 1. The summed E-state index contributed by atoms with van der Waals surface area (Å²) in [5, 5.41) is 8.13. The second-order valence-corrected chi connectivity index (χ2v) is 5.82. The van der Waals surface area contributed by atoms with Crippen molar-refractivity contribution < 1.29 is 4.52 Å². The van der Waals surface area contributed by atoms with Gasteiger partial charge in [0.25, 0.3) is 5.89 Å². The van der Waals surface area contributed by atoms with E-state index >= 15 is 0 Å². The normalized spacial score (nSPS) is 19.2. The molecule has 2 heterocycles. The molecular weight excluding hydrogens is 274 g/mol. The third-order valence-corrected chi connectivity index (χ3v) is 4.01. The van der Waals surface area contributed by atoms with Gasteiger partial charge in [0.15, 0.2) is 5.82 Å². The molecule has 1 saturated heterocycles. The first-order valence-electron chi connectivity index (χ1n) is 7.02. The van der Waals surface area contributed by atoms with Gasteiger partial charge in [-0.2, -0.15) is 4.98 Å². The van der Waals surface area contributed by atoms with Gasteiger partial charge in [0.1, 0.15) is 0 Å². The lowest BCUT2D eigenvalue weighted by Crippen LogP contribution is -2.31. The molecule has 0 aliphatic carbocycles. The summed E-state index contributed by atoms with van der Waals surface area (Å²) in [6.45, 7) is 4.16. The first-order chi connectivity index (χ1) is 9.72. The summed E-state index contributed by atoms with van der Waals surface area (Å²) in [6.07, 6.45) is 3.31. The van der Waals surface area contributed by atoms with E-state index in [0.29, 0.717) is 16.8 Å². The lowest BCUT2D eigenvalue weighted by atomic mass is 9.96. The molecular formula is C15H18ClN3O. The molecule has 2 aromatic rings. The smallest absolute Gasteiger partial charge is 0.259 e. The zero-order chi connectivity index (χ0) is 13.9. The Hall–Kier alpha value is -1.39. The molecule has 0 spiro atoms. The van der Waals surface area contributed by atoms with Crippen LogP contribution in [-0.4, -0.2) is 23.2 Å². The number of hydrogen-bond donors (Lipinski definition) is 1.